The number of nitrogens with one attached hydrogen (secondary N) is 1. The molecular weight excluding hydrogens is 357 g/mol. The highest BCUT2D eigenvalue weighted by molar-refractivity contribution is 8.00. The van der Waals surface area contributed by atoms with Gasteiger partial charge in [-0.15, -0.1) is 10.2 Å². The molecule has 8 heteroatoms. The van der Waals surface area contributed by atoms with Gasteiger partial charge in [0.15, 0.2) is 0 Å². The van der Waals surface area contributed by atoms with Gasteiger partial charge in [0.25, 0.3) is 11.1 Å². The van der Waals surface area contributed by atoms with Crippen molar-refractivity contribution in [3.05, 3.63) is 54.3 Å². The number of nitrogens with zero attached hydrogens (tertiary/aromatic N) is 2. The highest BCUT2D eigenvalue weighted by Gasteiger charge is 2.19. The Morgan fingerprint density at radius 1 is 1.19 bits per heavy atom. The monoisotopic (exact) mass is 373 g/mol. The molecule has 0 saturated heterocycles. The Morgan fingerprint density at radius 3 is 2.62 bits per heavy atom. The molecule has 0 fully saturated rings. The Hall–Kier alpha value is -2.87. The van der Waals surface area contributed by atoms with Crippen LogP contribution in [0.15, 0.2) is 58.2 Å². The highest BCUT2D eigenvalue weighted by Crippen LogP contribution is 2.28. The summed E-state index contributed by atoms with van der Waals surface area (Å²) in [5.41, 5.74) is 0.878. The van der Waals surface area contributed by atoms with E-state index in [1.165, 1.54) is 6.07 Å². The lowest BCUT2D eigenvalue weighted by Crippen LogP contribution is -2.22. The summed E-state index contributed by atoms with van der Waals surface area (Å²) in [7, 11) is 1.58. The van der Waals surface area contributed by atoms with Crippen molar-refractivity contribution in [3.63, 3.8) is 0 Å². The summed E-state index contributed by atoms with van der Waals surface area (Å²) in [6, 6.07) is 13.1. The quantitative estimate of drug-likeness (QED) is 0.658. The van der Waals surface area contributed by atoms with Crippen molar-refractivity contribution >= 4 is 23.4 Å². The first-order valence-electron chi connectivity index (χ1n) is 7.77. The second-order valence-electron chi connectivity index (χ2n) is 5.33. The molecule has 3 rings (SSSR count). The first-order chi connectivity index (χ1) is 12.6. The van der Waals surface area contributed by atoms with Gasteiger partial charge in [0.2, 0.25) is 5.91 Å². The first-order valence-corrected chi connectivity index (χ1v) is 8.65. The largest absolute Gasteiger partial charge is 0.497 e. The lowest BCUT2D eigenvalue weighted by atomic mass is 10.2. The lowest BCUT2D eigenvalue weighted by molar-refractivity contribution is -0.115. The molecule has 3 aromatic rings. The molecule has 6 nitrogen and oxygen atoms in total. The molecule has 0 bridgehead atoms. The van der Waals surface area contributed by atoms with Crippen molar-refractivity contribution in [2.24, 2.45) is 0 Å². The van der Waals surface area contributed by atoms with E-state index in [4.69, 9.17) is 9.15 Å². The van der Waals surface area contributed by atoms with Crippen LogP contribution >= 0.6 is 11.8 Å². The fourth-order valence-corrected chi connectivity index (χ4v) is 2.81. The van der Waals surface area contributed by atoms with Gasteiger partial charge in [0.1, 0.15) is 11.6 Å². The third kappa shape index (κ3) is 4.20. The fraction of sp³-hybridized carbons (Fsp3) is 0.167. The highest BCUT2D eigenvalue weighted by atomic mass is 32.2. The number of aromatic nitrogens is 2. The molecule has 1 N–H and O–H groups in total. The predicted molar refractivity (Wildman–Crippen MR) is 96.6 cm³/mol. The van der Waals surface area contributed by atoms with Crippen LogP contribution in [-0.4, -0.2) is 28.5 Å². The van der Waals surface area contributed by atoms with Gasteiger partial charge in [-0.1, -0.05) is 23.9 Å². The van der Waals surface area contributed by atoms with Crippen LogP contribution in [0.25, 0.3) is 11.5 Å². The summed E-state index contributed by atoms with van der Waals surface area (Å²) in [4.78, 5) is 12.3. The summed E-state index contributed by atoms with van der Waals surface area (Å²) >= 11 is 1.10. The summed E-state index contributed by atoms with van der Waals surface area (Å²) in [5.74, 6) is 0.120. The van der Waals surface area contributed by atoms with Gasteiger partial charge in [0.05, 0.1) is 17.9 Å². The van der Waals surface area contributed by atoms with E-state index in [2.05, 4.69) is 15.5 Å². The van der Waals surface area contributed by atoms with E-state index in [-0.39, 0.29) is 22.6 Å². The molecule has 1 atom stereocenters. The maximum Gasteiger partial charge on any atom is 0.277 e. The minimum Gasteiger partial charge on any atom is -0.497 e. The number of amides is 1. The van der Waals surface area contributed by atoms with E-state index in [0.29, 0.717) is 11.4 Å². The Labute approximate surface area is 153 Å². The molecule has 1 aromatic heterocycles. The number of hydrogen-bond acceptors (Lipinski definition) is 6. The van der Waals surface area contributed by atoms with E-state index >= 15 is 0 Å². The number of hydrogen-bond donors (Lipinski definition) is 1. The standard InChI is InChI=1S/C18H16FN3O3S/c1-11(16(23)20-12-7-9-13(24-2)10-8-12)26-18-22-21-17(25-18)14-5-3-4-6-15(14)19/h3-11H,1-2H3,(H,20,23)/t11-/m1/s1. The molecule has 26 heavy (non-hydrogen) atoms. The van der Waals surface area contributed by atoms with E-state index < -0.39 is 11.1 Å². The second kappa shape index (κ2) is 8.01. The number of ether oxygens (including phenoxy) is 1. The number of halogens is 1. The molecule has 0 aliphatic carbocycles. The number of carbonyl (C=O) groups excluding carboxylic acids is 1. The van der Waals surface area contributed by atoms with E-state index in [1.54, 1.807) is 56.5 Å². The van der Waals surface area contributed by atoms with Gasteiger partial charge in [-0.3, -0.25) is 4.79 Å². The third-order valence-corrected chi connectivity index (χ3v) is 4.45. The predicted octanol–water partition coefficient (Wildman–Crippen LogP) is 4.00. The second-order valence-corrected chi connectivity index (χ2v) is 6.62. The molecule has 1 heterocycles. The van der Waals surface area contributed by atoms with Crippen LogP contribution < -0.4 is 10.1 Å². The van der Waals surface area contributed by atoms with E-state index in [1.807, 2.05) is 0 Å². The summed E-state index contributed by atoms with van der Waals surface area (Å²) in [5, 5.41) is 10.2. The van der Waals surface area contributed by atoms with Crippen LogP contribution in [0, 0.1) is 5.82 Å². The zero-order valence-electron chi connectivity index (χ0n) is 14.1. The van der Waals surface area contributed by atoms with Gasteiger partial charge in [-0.25, -0.2) is 4.39 Å². The average Bonchev–Trinajstić information content (AvgIpc) is 3.11. The normalized spacial score (nSPS) is 11.8. The summed E-state index contributed by atoms with van der Waals surface area (Å²) in [6.45, 7) is 1.72. The molecule has 0 aliphatic heterocycles. The minimum absolute atomic E-state index is 0.0772. The van der Waals surface area contributed by atoms with Crippen molar-refractivity contribution in [3.8, 4) is 17.2 Å². The molecule has 0 spiro atoms. The van der Waals surface area contributed by atoms with E-state index in [0.717, 1.165) is 11.8 Å². The number of methoxy groups -OCH3 is 1. The van der Waals surface area contributed by atoms with Crippen molar-refractivity contribution in [2.45, 2.75) is 17.4 Å². The SMILES string of the molecule is COc1ccc(NC(=O)[C@@H](C)Sc2nnc(-c3ccccc3F)o2)cc1. The average molecular weight is 373 g/mol. The molecule has 0 saturated carbocycles. The van der Waals surface area contributed by atoms with Crippen LogP contribution in [0.4, 0.5) is 10.1 Å². The summed E-state index contributed by atoms with van der Waals surface area (Å²) in [6.07, 6.45) is 0. The maximum absolute atomic E-state index is 13.8. The Morgan fingerprint density at radius 2 is 1.92 bits per heavy atom. The molecular formula is C18H16FN3O3S. The van der Waals surface area contributed by atoms with Gasteiger partial charge in [0, 0.05) is 5.69 Å². The van der Waals surface area contributed by atoms with Crippen molar-refractivity contribution in [1.29, 1.82) is 0 Å². The van der Waals surface area contributed by atoms with Crippen molar-refractivity contribution in [1.82, 2.24) is 10.2 Å². The van der Waals surface area contributed by atoms with Gasteiger partial charge < -0.3 is 14.5 Å². The first kappa shape index (κ1) is 17.9. The number of benzene rings is 2. The van der Waals surface area contributed by atoms with E-state index in [9.17, 15) is 9.18 Å². The smallest absolute Gasteiger partial charge is 0.277 e. The zero-order chi connectivity index (χ0) is 18.5. The minimum atomic E-state index is -0.481. The van der Waals surface area contributed by atoms with Crippen molar-refractivity contribution < 1.29 is 18.3 Å². The van der Waals surface area contributed by atoms with Gasteiger partial charge in [-0.05, 0) is 43.3 Å². The number of carbonyl (C=O) groups is 1. The topological polar surface area (TPSA) is 77.2 Å². The fourth-order valence-electron chi connectivity index (χ4n) is 2.12. The molecule has 1 amide bonds. The Kier molecular flexibility index (Phi) is 5.52. The molecule has 0 aliphatic rings. The third-order valence-electron chi connectivity index (χ3n) is 3.52. The van der Waals surface area contributed by atoms with Crippen LogP contribution in [0.5, 0.6) is 5.75 Å². The lowest BCUT2D eigenvalue weighted by Gasteiger charge is -2.10. The summed E-state index contributed by atoms with van der Waals surface area (Å²) < 4.78 is 24.3. The number of anilines is 1. The zero-order valence-corrected chi connectivity index (χ0v) is 14.9. The molecule has 2 aromatic carbocycles. The van der Waals surface area contributed by atoms with Crippen LogP contribution in [0.3, 0.4) is 0 Å². The Bertz CT molecular complexity index is 899. The maximum atomic E-state index is 13.8. The van der Waals surface area contributed by atoms with Crippen LogP contribution in [0.2, 0.25) is 0 Å². The molecule has 0 radical (unpaired) electrons. The number of thioether (sulfide) groups is 1. The van der Waals surface area contributed by atoms with Crippen molar-refractivity contribution in [2.75, 3.05) is 12.4 Å². The molecule has 0 unspecified atom stereocenters. The number of rotatable bonds is 6. The van der Waals surface area contributed by atoms with Crippen LogP contribution in [0.1, 0.15) is 6.92 Å². The Balaban J connectivity index is 1.63. The van der Waals surface area contributed by atoms with Gasteiger partial charge in [-0.2, -0.15) is 0 Å². The van der Waals surface area contributed by atoms with Crippen LogP contribution in [-0.2, 0) is 4.79 Å². The molecule has 134 valence electrons. The van der Waals surface area contributed by atoms with Gasteiger partial charge >= 0.3 is 0 Å².